The zero-order chi connectivity index (χ0) is 14.1. The molecule has 2 aliphatic rings. The predicted molar refractivity (Wildman–Crippen MR) is 62.6 cm³/mol. The number of carbonyl (C=O) groups excluding carboxylic acids is 1. The Labute approximate surface area is 110 Å². The van der Waals surface area contributed by atoms with Gasteiger partial charge in [-0.2, -0.15) is 13.2 Å². The van der Waals surface area contributed by atoms with Crippen LogP contribution in [0.5, 0.6) is 0 Å². The molecule has 7 heteroatoms. The van der Waals surface area contributed by atoms with Crippen LogP contribution >= 0.6 is 0 Å². The highest BCUT2D eigenvalue weighted by molar-refractivity contribution is 5.77. The van der Waals surface area contributed by atoms with Crippen molar-refractivity contribution in [2.45, 2.75) is 31.5 Å². The number of likely N-dealkylation sites (tertiary alicyclic amines) is 1. The molecule has 2 saturated heterocycles. The van der Waals surface area contributed by atoms with Gasteiger partial charge in [0.15, 0.2) is 0 Å². The lowest BCUT2D eigenvalue weighted by Crippen LogP contribution is -2.60. The van der Waals surface area contributed by atoms with E-state index in [1.54, 1.807) is 0 Å². The van der Waals surface area contributed by atoms with E-state index in [9.17, 15) is 18.0 Å². The summed E-state index contributed by atoms with van der Waals surface area (Å²) in [5, 5.41) is 3.05. The fourth-order valence-electron chi connectivity index (χ4n) is 2.36. The summed E-state index contributed by atoms with van der Waals surface area (Å²) in [5.74, 6) is -1.49. The Kier molecular flexibility index (Phi) is 4.06. The van der Waals surface area contributed by atoms with E-state index in [1.165, 1.54) is 4.90 Å². The van der Waals surface area contributed by atoms with Crippen molar-refractivity contribution in [1.82, 2.24) is 10.2 Å². The van der Waals surface area contributed by atoms with Gasteiger partial charge in [-0.25, -0.2) is 0 Å². The first kappa shape index (κ1) is 14.6. The molecule has 4 nitrogen and oxygen atoms in total. The van der Waals surface area contributed by atoms with E-state index in [0.717, 1.165) is 0 Å². The second-order valence-corrected chi connectivity index (χ2v) is 5.54. The number of alkyl halides is 3. The monoisotopic (exact) mass is 280 g/mol. The number of rotatable bonds is 3. The molecule has 19 heavy (non-hydrogen) atoms. The number of carbonyl (C=O) groups is 1. The number of piperidine rings is 1. The molecular formula is C12H19F3N2O2. The van der Waals surface area contributed by atoms with Crippen LogP contribution in [-0.2, 0) is 9.53 Å². The Morgan fingerprint density at radius 2 is 1.95 bits per heavy atom. The molecule has 0 aromatic carbocycles. The summed E-state index contributed by atoms with van der Waals surface area (Å²) in [6, 6.07) is 0. The zero-order valence-corrected chi connectivity index (χ0v) is 10.9. The Balaban J connectivity index is 1.73. The maximum absolute atomic E-state index is 12.5. The molecule has 110 valence electrons. The average Bonchev–Trinajstić information content (AvgIpc) is 2.33. The lowest BCUT2D eigenvalue weighted by Gasteiger charge is -2.39. The number of hydrogen-bond donors (Lipinski definition) is 1. The number of nitrogens with zero attached hydrogens (tertiary/aromatic N) is 1. The van der Waals surface area contributed by atoms with Gasteiger partial charge in [0, 0.05) is 26.2 Å². The van der Waals surface area contributed by atoms with Crippen molar-refractivity contribution < 1.29 is 22.7 Å². The van der Waals surface area contributed by atoms with Crippen LogP contribution in [0.4, 0.5) is 13.2 Å². The lowest BCUT2D eigenvalue weighted by atomic mass is 9.96. The highest BCUT2D eigenvalue weighted by Gasteiger charge is 2.42. The number of halogens is 3. The second-order valence-electron chi connectivity index (χ2n) is 5.54. The average molecular weight is 280 g/mol. The fraction of sp³-hybridized carbons (Fsp3) is 0.917. The van der Waals surface area contributed by atoms with Gasteiger partial charge in [-0.3, -0.25) is 4.79 Å². The van der Waals surface area contributed by atoms with E-state index >= 15 is 0 Å². The van der Waals surface area contributed by atoms with Crippen molar-refractivity contribution in [3.8, 4) is 0 Å². The van der Waals surface area contributed by atoms with E-state index in [0.29, 0.717) is 13.1 Å². The molecule has 1 N–H and O–H groups in total. The van der Waals surface area contributed by atoms with E-state index in [-0.39, 0.29) is 44.0 Å². The summed E-state index contributed by atoms with van der Waals surface area (Å²) in [6.45, 7) is 3.61. The maximum Gasteiger partial charge on any atom is 0.391 e. The topological polar surface area (TPSA) is 41.6 Å². The van der Waals surface area contributed by atoms with Crippen molar-refractivity contribution in [3.05, 3.63) is 0 Å². The molecule has 0 atom stereocenters. The molecule has 2 rings (SSSR count). The second kappa shape index (κ2) is 5.28. The van der Waals surface area contributed by atoms with Crippen LogP contribution in [0.25, 0.3) is 0 Å². The SMILES string of the molecule is CC1(OCC(=O)N2CCC(C(F)(F)F)CC2)CNC1. The standard InChI is InChI=1S/C12H19F3N2O2/c1-11(7-16-8-11)19-6-10(18)17-4-2-9(3-5-17)12(13,14)15/h9,16H,2-8H2,1H3. The molecule has 2 heterocycles. The smallest absolute Gasteiger partial charge is 0.363 e. The fourth-order valence-corrected chi connectivity index (χ4v) is 2.36. The van der Waals surface area contributed by atoms with Gasteiger partial charge in [0.05, 0.1) is 11.5 Å². The number of amides is 1. The van der Waals surface area contributed by atoms with Crippen LogP contribution in [0.2, 0.25) is 0 Å². The highest BCUT2D eigenvalue weighted by atomic mass is 19.4. The first-order chi connectivity index (χ1) is 8.80. The van der Waals surface area contributed by atoms with Gasteiger partial charge in [0.1, 0.15) is 6.61 Å². The minimum atomic E-state index is -4.14. The minimum Gasteiger partial charge on any atom is -0.363 e. The van der Waals surface area contributed by atoms with Crippen LogP contribution < -0.4 is 5.32 Å². The van der Waals surface area contributed by atoms with Crippen molar-refractivity contribution >= 4 is 5.91 Å². The molecular weight excluding hydrogens is 261 g/mol. The molecule has 2 aliphatic heterocycles. The van der Waals surface area contributed by atoms with Crippen molar-refractivity contribution in [2.75, 3.05) is 32.8 Å². The van der Waals surface area contributed by atoms with Gasteiger partial charge in [-0.05, 0) is 19.8 Å². The first-order valence-corrected chi connectivity index (χ1v) is 6.49. The van der Waals surface area contributed by atoms with Crippen molar-refractivity contribution in [2.24, 2.45) is 5.92 Å². The third-order valence-electron chi connectivity index (χ3n) is 3.85. The summed E-state index contributed by atoms with van der Waals surface area (Å²) in [6.07, 6.45) is -4.15. The summed E-state index contributed by atoms with van der Waals surface area (Å²) in [7, 11) is 0. The Bertz CT molecular complexity index is 334. The Morgan fingerprint density at radius 1 is 1.37 bits per heavy atom. The van der Waals surface area contributed by atoms with Gasteiger partial charge < -0.3 is 15.0 Å². The van der Waals surface area contributed by atoms with Gasteiger partial charge in [0.25, 0.3) is 0 Å². The van der Waals surface area contributed by atoms with Gasteiger partial charge in [-0.1, -0.05) is 0 Å². The quantitative estimate of drug-likeness (QED) is 0.843. The molecule has 0 aromatic heterocycles. The molecule has 0 aromatic rings. The predicted octanol–water partition coefficient (Wildman–Crippen LogP) is 1.17. The molecule has 0 saturated carbocycles. The van der Waals surface area contributed by atoms with Gasteiger partial charge >= 0.3 is 6.18 Å². The van der Waals surface area contributed by atoms with Crippen molar-refractivity contribution in [1.29, 1.82) is 0 Å². The van der Waals surface area contributed by atoms with Crippen LogP contribution in [0.1, 0.15) is 19.8 Å². The molecule has 0 bridgehead atoms. The van der Waals surface area contributed by atoms with Crippen LogP contribution in [0.15, 0.2) is 0 Å². The Morgan fingerprint density at radius 3 is 2.37 bits per heavy atom. The van der Waals surface area contributed by atoms with Gasteiger partial charge in [0.2, 0.25) is 5.91 Å². The van der Waals surface area contributed by atoms with E-state index in [1.807, 2.05) is 6.92 Å². The lowest BCUT2D eigenvalue weighted by molar-refractivity contribution is -0.187. The molecule has 0 radical (unpaired) electrons. The molecule has 1 amide bonds. The number of hydrogen-bond acceptors (Lipinski definition) is 3. The van der Waals surface area contributed by atoms with Gasteiger partial charge in [-0.15, -0.1) is 0 Å². The summed E-state index contributed by atoms with van der Waals surface area (Å²) < 4.78 is 43.0. The summed E-state index contributed by atoms with van der Waals surface area (Å²) in [5.41, 5.74) is -0.306. The van der Waals surface area contributed by atoms with E-state index in [4.69, 9.17) is 4.74 Å². The molecule has 2 fully saturated rings. The number of nitrogens with one attached hydrogen (secondary N) is 1. The minimum absolute atomic E-state index is 0.00589. The van der Waals surface area contributed by atoms with Crippen LogP contribution in [0, 0.1) is 5.92 Å². The maximum atomic E-state index is 12.5. The zero-order valence-electron chi connectivity index (χ0n) is 10.9. The summed E-state index contributed by atoms with van der Waals surface area (Å²) >= 11 is 0. The third-order valence-corrected chi connectivity index (χ3v) is 3.85. The van der Waals surface area contributed by atoms with E-state index < -0.39 is 12.1 Å². The number of ether oxygens (including phenoxy) is 1. The first-order valence-electron chi connectivity index (χ1n) is 6.49. The molecule has 0 unspecified atom stereocenters. The summed E-state index contributed by atoms with van der Waals surface area (Å²) in [4.78, 5) is 13.3. The van der Waals surface area contributed by atoms with Crippen molar-refractivity contribution in [3.63, 3.8) is 0 Å². The molecule has 0 spiro atoms. The normalized spacial score (nSPS) is 24.1. The highest BCUT2D eigenvalue weighted by Crippen LogP contribution is 2.34. The third kappa shape index (κ3) is 3.60. The van der Waals surface area contributed by atoms with Crippen LogP contribution in [0.3, 0.4) is 0 Å². The largest absolute Gasteiger partial charge is 0.391 e. The van der Waals surface area contributed by atoms with Crippen LogP contribution in [-0.4, -0.2) is 55.4 Å². The molecule has 0 aliphatic carbocycles. The van der Waals surface area contributed by atoms with E-state index in [2.05, 4.69) is 5.32 Å². The Hall–Kier alpha value is -0.820.